The van der Waals surface area contributed by atoms with Crippen LogP contribution in [-0.4, -0.2) is 20.9 Å². The van der Waals surface area contributed by atoms with Crippen molar-refractivity contribution >= 4 is 21.6 Å². The second-order valence-corrected chi connectivity index (χ2v) is 9.74. The molecule has 0 saturated heterocycles. The minimum atomic E-state index is -3.84. The van der Waals surface area contributed by atoms with Crippen LogP contribution in [0.1, 0.15) is 36.1 Å². The second-order valence-electron chi connectivity index (χ2n) is 7.91. The lowest BCUT2D eigenvalue weighted by Crippen LogP contribution is -2.43. The van der Waals surface area contributed by atoms with Gasteiger partial charge < -0.3 is 5.32 Å². The van der Waals surface area contributed by atoms with Gasteiger partial charge in [0.15, 0.2) is 0 Å². The summed E-state index contributed by atoms with van der Waals surface area (Å²) in [6.45, 7) is 5.80. The van der Waals surface area contributed by atoms with E-state index in [2.05, 4.69) is 11.4 Å². The largest absolute Gasteiger partial charge is 0.348 e. The van der Waals surface area contributed by atoms with Crippen LogP contribution in [0, 0.1) is 13.8 Å². The molecule has 1 heterocycles. The topological polar surface area (TPSA) is 66.5 Å². The molecule has 1 aliphatic rings. The van der Waals surface area contributed by atoms with Crippen LogP contribution in [0.2, 0.25) is 0 Å². The van der Waals surface area contributed by atoms with Crippen molar-refractivity contribution < 1.29 is 13.2 Å². The molecule has 1 aliphatic heterocycles. The molecule has 0 saturated carbocycles. The van der Waals surface area contributed by atoms with Crippen molar-refractivity contribution in [2.45, 2.75) is 38.1 Å². The molecule has 160 valence electrons. The first kappa shape index (κ1) is 21.1. The average Bonchev–Trinajstić information content (AvgIpc) is 2.75. The number of hydrogen-bond donors (Lipinski definition) is 1. The van der Waals surface area contributed by atoms with Crippen molar-refractivity contribution in [1.82, 2.24) is 5.32 Å². The monoisotopic (exact) mass is 434 g/mol. The molecule has 3 aromatic carbocycles. The third-order valence-corrected chi connectivity index (χ3v) is 7.57. The Hall–Kier alpha value is -3.12. The summed E-state index contributed by atoms with van der Waals surface area (Å²) in [5.74, 6) is -0.329. The van der Waals surface area contributed by atoms with E-state index in [1.54, 1.807) is 30.3 Å². The van der Waals surface area contributed by atoms with Gasteiger partial charge in [0.05, 0.1) is 16.6 Å². The quantitative estimate of drug-likeness (QED) is 0.630. The Labute approximate surface area is 183 Å². The third kappa shape index (κ3) is 3.83. The smallest absolute Gasteiger partial charge is 0.265 e. The predicted molar refractivity (Wildman–Crippen MR) is 124 cm³/mol. The van der Waals surface area contributed by atoms with Gasteiger partial charge in [-0.1, -0.05) is 67.1 Å². The molecular weight excluding hydrogens is 408 g/mol. The number of nitrogens with zero attached hydrogens (tertiary/aromatic N) is 1. The molecule has 1 N–H and O–H groups in total. The molecule has 3 aromatic rings. The van der Waals surface area contributed by atoms with Gasteiger partial charge in [-0.3, -0.25) is 9.10 Å². The number of nitrogens with one attached hydrogen (secondary N) is 1. The van der Waals surface area contributed by atoms with Gasteiger partial charge in [-0.25, -0.2) is 8.42 Å². The summed E-state index contributed by atoms with van der Waals surface area (Å²) in [6, 6.07) is 20.2. The Balaban J connectivity index is 1.65. The highest BCUT2D eigenvalue weighted by Gasteiger charge is 2.35. The van der Waals surface area contributed by atoms with E-state index < -0.39 is 10.0 Å². The number of carbonyl (C=O) groups is 1. The summed E-state index contributed by atoms with van der Waals surface area (Å²) in [4.78, 5) is 13.2. The van der Waals surface area contributed by atoms with Crippen molar-refractivity contribution in [2.75, 3.05) is 10.8 Å². The number of aryl methyl sites for hydroxylation is 2. The molecule has 31 heavy (non-hydrogen) atoms. The van der Waals surface area contributed by atoms with Gasteiger partial charge in [-0.2, -0.15) is 0 Å². The minimum Gasteiger partial charge on any atom is -0.348 e. The lowest BCUT2D eigenvalue weighted by atomic mass is 9.97. The van der Waals surface area contributed by atoms with E-state index in [0.717, 1.165) is 22.3 Å². The average molecular weight is 435 g/mol. The van der Waals surface area contributed by atoms with Crippen LogP contribution in [0.5, 0.6) is 0 Å². The number of fused-ring (bicyclic) bond motifs is 3. The van der Waals surface area contributed by atoms with Crippen LogP contribution in [-0.2, 0) is 14.8 Å². The molecule has 4 rings (SSSR count). The summed E-state index contributed by atoms with van der Waals surface area (Å²) >= 11 is 0. The summed E-state index contributed by atoms with van der Waals surface area (Å²) in [7, 11) is -3.84. The van der Waals surface area contributed by atoms with Crippen molar-refractivity contribution in [1.29, 1.82) is 0 Å². The Morgan fingerprint density at radius 3 is 2.35 bits per heavy atom. The van der Waals surface area contributed by atoms with Gasteiger partial charge in [0.2, 0.25) is 5.91 Å². The first-order chi connectivity index (χ1) is 14.8. The van der Waals surface area contributed by atoms with Gasteiger partial charge in [0, 0.05) is 11.1 Å². The highest BCUT2D eigenvalue weighted by atomic mass is 32.2. The molecule has 0 radical (unpaired) electrons. The van der Waals surface area contributed by atoms with Gasteiger partial charge in [-0.15, -0.1) is 0 Å². The Bertz CT molecular complexity index is 1250. The fraction of sp³-hybridized carbons (Fsp3) is 0.240. The van der Waals surface area contributed by atoms with Crippen molar-refractivity contribution in [3.05, 3.63) is 83.4 Å². The zero-order chi connectivity index (χ0) is 22.2. The van der Waals surface area contributed by atoms with Crippen LogP contribution < -0.4 is 9.62 Å². The molecule has 1 amide bonds. The molecule has 0 bridgehead atoms. The normalized spacial score (nSPS) is 15.0. The maximum atomic E-state index is 13.4. The lowest BCUT2D eigenvalue weighted by molar-refractivity contribution is -0.120. The first-order valence-corrected chi connectivity index (χ1v) is 11.8. The number of hydrogen-bond acceptors (Lipinski definition) is 3. The van der Waals surface area contributed by atoms with E-state index in [1.807, 2.05) is 51.1 Å². The summed E-state index contributed by atoms with van der Waals surface area (Å²) in [5, 5.41) is 3.04. The molecule has 6 heteroatoms. The van der Waals surface area contributed by atoms with Gasteiger partial charge in [0.1, 0.15) is 6.54 Å². The van der Waals surface area contributed by atoms with E-state index >= 15 is 0 Å². The molecule has 0 aliphatic carbocycles. The third-order valence-electron chi connectivity index (χ3n) is 5.75. The van der Waals surface area contributed by atoms with Gasteiger partial charge >= 0.3 is 0 Å². The molecule has 0 unspecified atom stereocenters. The molecule has 1 atom stereocenters. The predicted octanol–water partition coefficient (Wildman–Crippen LogP) is 4.75. The fourth-order valence-corrected chi connectivity index (χ4v) is 5.89. The molecule has 5 nitrogen and oxygen atoms in total. The number of rotatable bonds is 5. The fourth-order valence-electron chi connectivity index (χ4n) is 4.24. The van der Waals surface area contributed by atoms with Crippen LogP contribution in [0.25, 0.3) is 11.1 Å². The lowest BCUT2D eigenvalue weighted by Gasteiger charge is -2.32. The number of para-hydroxylation sites is 1. The van der Waals surface area contributed by atoms with Crippen LogP contribution >= 0.6 is 0 Å². The highest BCUT2D eigenvalue weighted by Crippen LogP contribution is 2.42. The summed E-state index contributed by atoms with van der Waals surface area (Å²) < 4.78 is 27.9. The van der Waals surface area contributed by atoms with Crippen molar-refractivity contribution in [3.8, 4) is 11.1 Å². The number of benzene rings is 3. The van der Waals surface area contributed by atoms with E-state index in [1.165, 1.54) is 4.31 Å². The maximum Gasteiger partial charge on any atom is 0.265 e. The van der Waals surface area contributed by atoms with Crippen molar-refractivity contribution in [2.24, 2.45) is 0 Å². The number of carbonyl (C=O) groups excluding carboxylic acids is 1. The van der Waals surface area contributed by atoms with Gasteiger partial charge in [0.25, 0.3) is 10.0 Å². The highest BCUT2D eigenvalue weighted by molar-refractivity contribution is 7.93. The van der Waals surface area contributed by atoms with E-state index in [0.29, 0.717) is 17.7 Å². The maximum absolute atomic E-state index is 13.4. The van der Waals surface area contributed by atoms with Crippen LogP contribution in [0.3, 0.4) is 0 Å². The Kier molecular flexibility index (Phi) is 5.58. The summed E-state index contributed by atoms with van der Waals surface area (Å²) in [5.41, 5.74) is 5.32. The van der Waals surface area contributed by atoms with E-state index in [9.17, 15) is 13.2 Å². The number of anilines is 1. The SMILES string of the molecule is CC[C@@H](NC(=O)CN1c2ccccc2-c2ccccc2S1(=O)=O)c1ccc(C)cc1C. The van der Waals surface area contributed by atoms with E-state index in [4.69, 9.17) is 0 Å². The van der Waals surface area contributed by atoms with Crippen LogP contribution in [0.4, 0.5) is 5.69 Å². The Morgan fingerprint density at radius 1 is 0.968 bits per heavy atom. The molecule has 0 fully saturated rings. The zero-order valence-electron chi connectivity index (χ0n) is 17.9. The van der Waals surface area contributed by atoms with E-state index in [-0.39, 0.29) is 23.4 Å². The summed E-state index contributed by atoms with van der Waals surface area (Å²) in [6.07, 6.45) is 0.710. The first-order valence-electron chi connectivity index (χ1n) is 10.4. The molecule has 0 aromatic heterocycles. The number of amides is 1. The van der Waals surface area contributed by atoms with Gasteiger partial charge in [-0.05, 0) is 43.5 Å². The Morgan fingerprint density at radius 2 is 1.65 bits per heavy atom. The standard InChI is InChI=1S/C25H26N2O3S/c1-4-22(19-14-13-17(2)15-18(19)3)26-25(28)16-27-23-11-7-5-9-20(23)21-10-6-8-12-24(21)31(27,29)30/h5-15,22H,4,16H2,1-3H3,(H,26,28)/t22-/m1/s1. The molecule has 0 spiro atoms. The number of sulfonamides is 1. The second kappa shape index (κ2) is 8.19. The van der Waals surface area contributed by atoms with Crippen LogP contribution in [0.15, 0.2) is 71.6 Å². The molecular formula is C25H26N2O3S. The van der Waals surface area contributed by atoms with Crippen molar-refractivity contribution in [3.63, 3.8) is 0 Å². The minimum absolute atomic E-state index is 0.178. The zero-order valence-corrected chi connectivity index (χ0v) is 18.7.